The number of hydrogen-bond acceptors (Lipinski definition) is 4. The summed E-state index contributed by atoms with van der Waals surface area (Å²) in [5, 5.41) is 2.96. The van der Waals surface area contributed by atoms with Crippen LogP contribution in [0.15, 0.2) is 45.6 Å². The van der Waals surface area contributed by atoms with Gasteiger partial charge in [-0.2, -0.15) is 0 Å². The Morgan fingerprint density at radius 1 is 1.07 bits per heavy atom. The number of carbonyl (C=O) groups is 2. The van der Waals surface area contributed by atoms with Crippen molar-refractivity contribution in [2.75, 3.05) is 6.54 Å². The number of nitrogens with one attached hydrogen (secondary N) is 1. The normalized spacial score (nSPS) is 21.4. The molecule has 30 heavy (non-hydrogen) atoms. The number of fused-ring (bicyclic) bond motifs is 1. The second kappa shape index (κ2) is 8.86. The maximum Gasteiger partial charge on any atom is 0.287 e. The molecule has 1 saturated carbocycles. The highest BCUT2D eigenvalue weighted by atomic mass is 16.3. The Morgan fingerprint density at radius 2 is 1.80 bits per heavy atom. The molecule has 6 nitrogen and oxygen atoms in total. The van der Waals surface area contributed by atoms with Crippen LogP contribution >= 0.6 is 0 Å². The minimum Gasteiger partial charge on any atom is -0.456 e. The Labute approximate surface area is 176 Å². The largest absolute Gasteiger partial charge is 0.456 e. The van der Waals surface area contributed by atoms with Crippen molar-refractivity contribution in [1.29, 1.82) is 0 Å². The first-order valence-electron chi connectivity index (χ1n) is 10.8. The van der Waals surface area contributed by atoms with Gasteiger partial charge >= 0.3 is 0 Å². The van der Waals surface area contributed by atoms with Gasteiger partial charge in [-0.3, -0.25) is 14.4 Å². The molecule has 1 aliphatic heterocycles. The second-order valence-electron chi connectivity index (χ2n) is 8.42. The molecular formula is C24H28N2O4. The fourth-order valence-corrected chi connectivity index (χ4v) is 4.60. The van der Waals surface area contributed by atoms with Gasteiger partial charge in [-0.1, -0.05) is 24.3 Å². The molecule has 1 aromatic heterocycles. The lowest BCUT2D eigenvalue weighted by molar-refractivity contribution is -0.137. The van der Waals surface area contributed by atoms with E-state index in [1.54, 1.807) is 6.92 Å². The van der Waals surface area contributed by atoms with Crippen LogP contribution in [0.4, 0.5) is 0 Å². The summed E-state index contributed by atoms with van der Waals surface area (Å²) in [6.07, 6.45) is 5.05. The molecule has 2 amide bonds. The first-order chi connectivity index (χ1) is 14.5. The molecule has 2 aromatic rings. The van der Waals surface area contributed by atoms with Crippen molar-refractivity contribution in [3.63, 3.8) is 0 Å². The van der Waals surface area contributed by atoms with Crippen LogP contribution in [0.25, 0.3) is 0 Å². The number of hydrogen-bond donors (Lipinski definition) is 1. The molecule has 1 fully saturated rings. The van der Waals surface area contributed by atoms with Gasteiger partial charge in [0.1, 0.15) is 5.76 Å². The lowest BCUT2D eigenvalue weighted by Gasteiger charge is -2.32. The zero-order valence-corrected chi connectivity index (χ0v) is 17.4. The second-order valence-corrected chi connectivity index (χ2v) is 8.42. The van der Waals surface area contributed by atoms with Crippen molar-refractivity contribution in [1.82, 2.24) is 10.2 Å². The Kier molecular flexibility index (Phi) is 6.02. The van der Waals surface area contributed by atoms with Gasteiger partial charge in [-0.25, -0.2) is 0 Å². The fraction of sp³-hybridized carbons (Fsp3) is 0.458. The predicted octanol–water partition coefficient (Wildman–Crippen LogP) is 3.21. The summed E-state index contributed by atoms with van der Waals surface area (Å²) in [4.78, 5) is 39.2. The number of carbonyl (C=O) groups excluding carboxylic acids is 2. The van der Waals surface area contributed by atoms with Crippen molar-refractivity contribution < 1.29 is 14.0 Å². The van der Waals surface area contributed by atoms with E-state index in [-0.39, 0.29) is 35.0 Å². The molecule has 0 atom stereocenters. The summed E-state index contributed by atoms with van der Waals surface area (Å²) >= 11 is 0. The number of amides is 2. The third-order valence-corrected chi connectivity index (χ3v) is 6.19. The number of nitrogens with zero attached hydrogens (tertiary/aromatic N) is 1. The van der Waals surface area contributed by atoms with Crippen LogP contribution in [-0.4, -0.2) is 29.3 Å². The van der Waals surface area contributed by atoms with Crippen molar-refractivity contribution >= 4 is 11.8 Å². The van der Waals surface area contributed by atoms with Crippen LogP contribution in [0.5, 0.6) is 0 Å². The van der Waals surface area contributed by atoms with Crippen LogP contribution < -0.4 is 10.7 Å². The van der Waals surface area contributed by atoms with Crippen molar-refractivity contribution in [3.05, 3.63) is 69.3 Å². The average molecular weight is 408 g/mol. The third-order valence-electron chi connectivity index (χ3n) is 6.19. The highest BCUT2D eigenvalue weighted by Crippen LogP contribution is 2.28. The van der Waals surface area contributed by atoms with E-state index in [0.717, 1.165) is 45.1 Å². The fourth-order valence-electron chi connectivity index (χ4n) is 4.60. The van der Waals surface area contributed by atoms with E-state index >= 15 is 0 Å². The standard InChI is InChI=1S/C24H28N2O4/c1-16-13-21(27)14-22(30-16)23(28)25-20-10-8-18(9-11-20)24(29)26-12-4-7-17-5-2-3-6-19(17)15-26/h2-3,5-6,13-14,18,20H,4,7-12,15H2,1H3,(H,25,28). The summed E-state index contributed by atoms with van der Waals surface area (Å²) in [7, 11) is 0. The Morgan fingerprint density at radius 3 is 2.53 bits per heavy atom. The maximum absolute atomic E-state index is 13.1. The molecule has 0 saturated heterocycles. The van der Waals surface area contributed by atoms with Gasteiger partial charge in [0.15, 0.2) is 11.2 Å². The van der Waals surface area contributed by atoms with Gasteiger partial charge in [0.05, 0.1) is 0 Å². The molecule has 1 aromatic carbocycles. The molecule has 0 bridgehead atoms. The maximum atomic E-state index is 13.1. The topological polar surface area (TPSA) is 79.6 Å². The molecule has 0 radical (unpaired) electrons. The molecule has 4 rings (SSSR count). The summed E-state index contributed by atoms with van der Waals surface area (Å²) in [5.41, 5.74) is 2.36. The Hall–Kier alpha value is -2.89. The van der Waals surface area contributed by atoms with Crippen molar-refractivity contribution in [2.45, 2.75) is 58.0 Å². The van der Waals surface area contributed by atoms with E-state index in [0.29, 0.717) is 12.3 Å². The molecule has 1 N–H and O–H groups in total. The molecule has 0 spiro atoms. The molecule has 2 heterocycles. The average Bonchev–Trinajstić information content (AvgIpc) is 2.95. The molecule has 0 unspecified atom stereocenters. The van der Waals surface area contributed by atoms with Crippen LogP contribution in [0, 0.1) is 12.8 Å². The third kappa shape index (κ3) is 4.64. The number of rotatable bonds is 3. The van der Waals surface area contributed by atoms with E-state index < -0.39 is 0 Å². The minimum absolute atomic E-state index is 0.00257. The highest BCUT2D eigenvalue weighted by molar-refractivity contribution is 5.91. The van der Waals surface area contributed by atoms with Gasteiger partial charge in [0, 0.05) is 37.2 Å². The Balaban J connectivity index is 1.32. The molecule has 2 aliphatic rings. The summed E-state index contributed by atoms with van der Waals surface area (Å²) < 4.78 is 5.37. The van der Waals surface area contributed by atoms with E-state index in [9.17, 15) is 14.4 Å². The van der Waals surface area contributed by atoms with Crippen LogP contribution in [-0.2, 0) is 17.8 Å². The first kappa shape index (κ1) is 20.4. The zero-order chi connectivity index (χ0) is 21.1. The van der Waals surface area contributed by atoms with Gasteiger partial charge in [0.25, 0.3) is 5.91 Å². The molecule has 158 valence electrons. The molecule has 1 aliphatic carbocycles. The Bertz CT molecular complexity index is 989. The highest BCUT2D eigenvalue weighted by Gasteiger charge is 2.31. The SMILES string of the molecule is Cc1cc(=O)cc(C(=O)NC2CCC(C(=O)N3CCCc4ccccc4C3)CC2)o1. The van der Waals surface area contributed by atoms with E-state index in [4.69, 9.17) is 4.42 Å². The zero-order valence-electron chi connectivity index (χ0n) is 17.4. The van der Waals surface area contributed by atoms with Gasteiger partial charge < -0.3 is 14.6 Å². The summed E-state index contributed by atoms with van der Waals surface area (Å²) in [5.74, 6) is 0.346. The van der Waals surface area contributed by atoms with Gasteiger partial charge in [-0.15, -0.1) is 0 Å². The number of aryl methyl sites for hydroxylation is 2. The summed E-state index contributed by atoms with van der Waals surface area (Å²) in [6, 6.07) is 11.0. The minimum atomic E-state index is -0.366. The van der Waals surface area contributed by atoms with Gasteiger partial charge in [-0.05, 0) is 56.6 Å². The van der Waals surface area contributed by atoms with Crippen LogP contribution in [0.2, 0.25) is 0 Å². The van der Waals surface area contributed by atoms with E-state index in [1.165, 1.54) is 23.3 Å². The van der Waals surface area contributed by atoms with Gasteiger partial charge in [0.2, 0.25) is 5.91 Å². The monoisotopic (exact) mass is 408 g/mol. The first-order valence-corrected chi connectivity index (χ1v) is 10.8. The molecular weight excluding hydrogens is 380 g/mol. The quantitative estimate of drug-likeness (QED) is 0.846. The smallest absolute Gasteiger partial charge is 0.287 e. The predicted molar refractivity (Wildman–Crippen MR) is 113 cm³/mol. The van der Waals surface area contributed by atoms with Crippen LogP contribution in [0.1, 0.15) is 59.5 Å². The summed E-state index contributed by atoms with van der Waals surface area (Å²) in [6.45, 7) is 3.14. The van der Waals surface area contributed by atoms with Crippen molar-refractivity contribution in [2.24, 2.45) is 5.92 Å². The lowest BCUT2D eigenvalue weighted by Crippen LogP contribution is -2.42. The van der Waals surface area contributed by atoms with Crippen LogP contribution in [0.3, 0.4) is 0 Å². The van der Waals surface area contributed by atoms with Crippen molar-refractivity contribution in [3.8, 4) is 0 Å². The number of benzene rings is 1. The van der Waals surface area contributed by atoms with E-state index in [2.05, 4.69) is 23.5 Å². The lowest BCUT2D eigenvalue weighted by atomic mass is 9.85. The van der Waals surface area contributed by atoms with E-state index in [1.807, 2.05) is 11.0 Å². The molecule has 6 heteroatoms.